The van der Waals surface area contributed by atoms with Crippen molar-refractivity contribution in [3.05, 3.63) is 29.6 Å². The summed E-state index contributed by atoms with van der Waals surface area (Å²) in [7, 11) is 0. The average Bonchev–Trinajstić information content (AvgIpc) is 2.61. The second-order valence-corrected chi connectivity index (χ2v) is 5.92. The van der Waals surface area contributed by atoms with E-state index in [1.165, 1.54) is 6.07 Å². The highest BCUT2D eigenvalue weighted by atomic mass is 19.4. The van der Waals surface area contributed by atoms with Gasteiger partial charge < -0.3 is 26.0 Å². The Labute approximate surface area is 153 Å². The van der Waals surface area contributed by atoms with E-state index in [9.17, 15) is 17.6 Å². The molecule has 1 heterocycles. The molecule has 0 aliphatic carbocycles. The van der Waals surface area contributed by atoms with Crippen molar-refractivity contribution >= 4 is 11.9 Å². The van der Waals surface area contributed by atoms with E-state index < -0.39 is 17.9 Å². The SMILES string of the molecule is N=C/C(COCC1CNCCN1Cc1ccc(OC(F)(F)F)c(F)c1)=N\N. The van der Waals surface area contributed by atoms with Crippen LogP contribution >= 0.6 is 0 Å². The molecule has 11 heteroatoms. The van der Waals surface area contributed by atoms with Crippen LogP contribution in [0.5, 0.6) is 5.75 Å². The minimum absolute atomic E-state index is 0.0299. The smallest absolute Gasteiger partial charge is 0.403 e. The van der Waals surface area contributed by atoms with Gasteiger partial charge in [-0.05, 0) is 17.7 Å². The molecule has 1 aromatic rings. The Hall–Kier alpha value is -2.24. The molecule has 0 radical (unpaired) electrons. The lowest BCUT2D eigenvalue weighted by Crippen LogP contribution is -2.52. The summed E-state index contributed by atoms with van der Waals surface area (Å²) in [6, 6.07) is 3.38. The number of hydrogen-bond acceptors (Lipinski definition) is 7. The van der Waals surface area contributed by atoms with Gasteiger partial charge in [0.15, 0.2) is 11.6 Å². The zero-order valence-electron chi connectivity index (χ0n) is 14.4. The Morgan fingerprint density at radius 2 is 2.22 bits per heavy atom. The summed E-state index contributed by atoms with van der Waals surface area (Å²) in [5, 5.41) is 13.7. The fraction of sp³-hybridized carbons (Fsp3) is 0.500. The number of rotatable bonds is 8. The third kappa shape index (κ3) is 6.77. The monoisotopic (exact) mass is 391 g/mol. The molecular formula is C16H21F4N5O2. The van der Waals surface area contributed by atoms with Crippen molar-refractivity contribution in [3.63, 3.8) is 0 Å². The van der Waals surface area contributed by atoms with Crippen molar-refractivity contribution in [3.8, 4) is 5.75 Å². The molecule has 0 spiro atoms. The summed E-state index contributed by atoms with van der Waals surface area (Å²) in [4.78, 5) is 2.04. The van der Waals surface area contributed by atoms with Gasteiger partial charge in [0.2, 0.25) is 0 Å². The number of hydrogen-bond donors (Lipinski definition) is 3. The van der Waals surface area contributed by atoms with Crippen molar-refractivity contribution in [2.24, 2.45) is 10.9 Å². The van der Waals surface area contributed by atoms with E-state index in [2.05, 4.69) is 15.2 Å². The van der Waals surface area contributed by atoms with E-state index in [1.807, 2.05) is 4.90 Å². The van der Waals surface area contributed by atoms with E-state index in [1.54, 1.807) is 0 Å². The maximum atomic E-state index is 13.9. The van der Waals surface area contributed by atoms with Crippen LogP contribution in [-0.4, -0.2) is 62.1 Å². The molecule has 1 unspecified atom stereocenters. The average molecular weight is 391 g/mol. The first-order valence-corrected chi connectivity index (χ1v) is 8.16. The van der Waals surface area contributed by atoms with Crippen LogP contribution in [0.4, 0.5) is 17.6 Å². The number of alkyl halides is 3. The number of ether oxygens (including phenoxy) is 2. The fourth-order valence-corrected chi connectivity index (χ4v) is 2.68. The number of nitrogens with zero attached hydrogens (tertiary/aromatic N) is 2. The van der Waals surface area contributed by atoms with Crippen molar-refractivity contribution in [2.45, 2.75) is 18.9 Å². The lowest BCUT2D eigenvalue weighted by molar-refractivity contribution is -0.275. The van der Waals surface area contributed by atoms with Crippen molar-refractivity contribution in [2.75, 3.05) is 32.8 Å². The number of halogens is 4. The molecule has 1 aliphatic rings. The van der Waals surface area contributed by atoms with Gasteiger partial charge in [0, 0.05) is 38.4 Å². The third-order valence-electron chi connectivity index (χ3n) is 3.97. The Bertz CT molecular complexity index is 669. The van der Waals surface area contributed by atoms with Gasteiger partial charge in [-0.3, -0.25) is 4.90 Å². The first kappa shape index (κ1) is 21.1. The molecule has 7 nitrogen and oxygen atoms in total. The van der Waals surface area contributed by atoms with Gasteiger partial charge in [-0.15, -0.1) is 13.2 Å². The second-order valence-electron chi connectivity index (χ2n) is 5.92. The molecule has 1 saturated heterocycles. The van der Waals surface area contributed by atoms with Crippen molar-refractivity contribution in [1.82, 2.24) is 10.2 Å². The van der Waals surface area contributed by atoms with Gasteiger partial charge in [0.05, 0.1) is 13.2 Å². The Kier molecular flexibility index (Phi) is 7.51. The quantitative estimate of drug-likeness (QED) is 0.270. The minimum Gasteiger partial charge on any atom is -0.403 e. The van der Waals surface area contributed by atoms with Gasteiger partial charge in [-0.2, -0.15) is 5.10 Å². The lowest BCUT2D eigenvalue weighted by atomic mass is 10.1. The Morgan fingerprint density at radius 1 is 1.44 bits per heavy atom. The van der Waals surface area contributed by atoms with Gasteiger partial charge in [0.25, 0.3) is 0 Å². The molecule has 0 saturated carbocycles. The summed E-state index contributed by atoms with van der Waals surface area (Å²) in [6.07, 6.45) is -3.93. The van der Waals surface area contributed by atoms with Crippen LogP contribution in [-0.2, 0) is 11.3 Å². The zero-order valence-corrected chi connectivity index (χ0v) is 14.4. The molecule has 0 bridgehead atoms. The molecule has 4 N–H and O–H groups in total. The van der Waals surface area contributed by atoms with Crippen molar-refractivity contribution in [1.29, 1.82) is 5.41 Å². The summed E-state index contributed by atoms with van der Waals surface area (Å²) in [6.45, 7) is 2.81. The molecule has 1 aliphatic heterocycles. The summed E-state index contributed by atoms with van der Waals surface area (Å²) < 4.78 is 59.7. The molecule has 1 aromatic carbocycles. The summed E-state index contributed by atoms with van der Waals surface area (Å²) in [5.41, 5.74) is 0.824. The van der Waals surface area contributed by atoms with E-state index in [4.69, 9.17) is 16.0 Å². The summed E-state index contributed by atoms with van der Waals surface area (Å²) >= 11 is 0. The first-order chi connectivity index (χ1) is 12.8. The van der Waals surface area contributed by atoms with Crippen LogP contribution in [0.2, 0.25) is 0 Å². The fourth-order valence-electron chi connectivity index (χ4n) is 2.68. The van der Waals surface area contributed by atoms with Gasteiger partial charge >= 0.3 is 6.36 Å². The van der Waals surface area contributed by atoms with E-state index in [0.717, 1.165) is 24.9 Å². The largest absolute Gasteiger partial charge is 0.573 e. The van der Waals surface area contributed by atoms with Crippen LogP contribution in [0.15, 0.2) is 23.3 Å². The Balaban J connectivity index is 1.97. The van der Waals surface area contributed by atoms with E-state index in [0.29, 0.717) is 37.5 Å². The van der Waals surface area contributed by atoms with E-state index in [-0.39, 0.29) is 12.6 Å². The number of piperazine rings is 1. The van der Waals surface area contributed by atoms with Crippen LogP contribution in [0.3, 0.4) is 0 Å². The second kappa shape index (κ2) is 9.62. The van der Waals surface area contributed by atoms with Crippen LogP contribution in [0.1, 0.15) is 5.56 Å². The third-order valence-corrected chi connectivity index (χ3v) is 3.97. The Morgan fingerprint density at radius 3 is 2.85 bits per heavy atom. The van der Waals surface area contributed by atoms with Crippen LogP contribution < -0.4 is 15.9 Å². The van der Waals surface area contributed by atoms with Crippen LogP contribution in [0.25, 0.3) is 0 Å². The molecule has 1 atom stereocenters. The van der Waals surface area contributed by atoms with E-state index >= 15 is 0 Å². The molecule has 27 heavy (non-hydrogen) atoms. The maximum absolute atomic E-state index is 13.9. The van der Waals surface area contributed by atoms with Gasteiger partial charge in [0.1, 0.15) is 5.71 Å². The van der Waals surface area contributed by atoms with Crippen molar-refractivity contribution < 1.29 is 27.0 Å². The first-order valence-electron chi connectivity index (χ1n) is 8.16. The maximum Gasteiger partial charge on any atom is 0.573 e. The zero-order chi connectivity index (χ0) is 19.9. The normalized spacial score (nSPS) is 19.1. The number of hydrazone groups is 1. The minimum atomic E-state index is -4.94. The molecule has 0 amide bonds. The number of nitrogens with two attached hydrogens (primary N) is 1. The van der Waals surface area contributed by atoms with Crippen LogP contribution in [0, 0.1) is 11.2 Å². The summed E-state index contributed by atoms with van der Waals surface area (Å²) in [5.74, 6) is 3.19. The van der Waals surface area contributed by atoms with Gasteiger partial charge in [-0.1, -0.05) is 6.07 Å². The number of nitrogens with one attached hydrogen (secondary N) is 2. The molecular weight excluding hydrogens is 370 g/mol. The number of benzene rings is 1. The predicted octanol–water partition coefficient (Wildman–Crippen LogP) is 1.48. The molecule has 1 fully saturated rings. The van der Waals surface area contributed by atoms with Gasteiger partial charge in [-0.25, -0.2) is 4.39 Å². The standard InChI is InChI=1S/C16H21F4N5O2/c17-14-5-11(1-2-15(14)27-16(18,19)20)8-25-4-3-23-7-13(25)10-26-9-12(6-21)24-22/h1-2,5-6,13,21,23H,3-4,7-10,22H2/b21-6?,24-12+. The predicted molar refractivity (Wildman–Crippen MR) is 91.4 cm³/mol. The molecule has 2 rings (SSSR count). The lowest BCUT2D eigenvalue weighted by Gasteiger charge is -2.36. The topological polar surface area (TPSA) is 96.0 Å². The highest BCUT2D eigenvalue weighted by molar-refractivity contribution is 6.30. The highest BCUT2D eigenvalue weighted by Gasteiger charge is 2.32. The molecule has 150 valence electrons. The molecule has 0 aromatic heterocycles. The highest BCUT2D eigenvalue weighted by Crippen LogP contribution is 2.26.